The molecule has 0 unspecified atom stereocenters. The molecule has 0 bridgehead atoms. The van der Waals surface area contributed by atoms with Crippen LogP contribution in [0.25, 0.3) is 0 Å². The Labute approximate surface area is 156 Å². The van der Waals surface area contributed by atoms with Gasteiger partial charge in [0, 0.05) is 12.0 Å². The average molecular weight is 357 g/mol. The van der Waals surface area contributed by atoms with Gasteiger partial charge in [0.25, 0.3) is 0 Å². The monoisotopic (exact) mass is 357 g/mol. The zero-order chi connectivity index (χ0) is 18.7. The Bertz CT molecular complexity index is 657. The number of esters is 1. The number of benzene rings is 1. The summed E-state index contributed by atoms with van der Waals surface area (Å²) < 4.78 is 5.79. The first-order valence-electron chi connectivity index (χ1n) is 10.00. The lowest BCUT2D eigenvalue weighted by Gasteiger charge is -2.35. The summed E-state index contributed by atoms with van der Waals surface area (Å²) in [4.78, 5) is 15.1. The fourth-order valence-electron chi connectivity index (χ4n) is 4.73. The molecule has 4 nitrogen and oxygen atoms in total. The van der Waals surface area contributed by atoms with Gasteiger partial charge in [-0.1, -0.05) is 57.5 Å². The van der Waals surface area contributed by atoms with E-state index < -0.39 is 5.60 Å². The van der Waals surface area contributed by atoms with Crippen molar-refractivity contribution in [1.29, 1.82) is 0 Å². The van der Waals surface area contributed by atoms with E-state index in [1.54, 1.807) is 0 Å². The van der Waals surface area contributed by atoms with Crippen LogP contribution in [0.4, 0.5) is 0 Å². The lowest BCUT2D eigenvalue weighted by atomic mass is 9.80. The van der Waals surface area contributed by atoms with E-state index >= 15 is 0 Å². The summed E-state index contributed by atoms with van der Waals surface area (Å²) in [6.45, 7) is 8.08. The van der Waals surface area contributed by atoms with E-state index in [4.69, 9.17) is 4.74 Å². The maximum Gasteiger partial charge on any atom is 0.338 e. The Morgan fingerprint density at radius 3 is 2.31 bits per heavy atom. The van der Waals surface area contributed by atoms with Crippen LogP contribution in [-0.2, 0) is 9.53 Å². The molecule has 1 aliphatic heterocycles. The first-order valence-corrected chi connectivity index (χ1v) is 10.00. The maximum atomic E-state index is 12.8. The Morgan fingerprint density at radius 2 is 1.73 bits per heavy atom. The number of carbonyl (C=O) groups excluding carboxylic acids is 1. The minimum atomic E-state index is -0.760. The summed E-state index contributed by atoms with van der Waals surface area (Å²) in [5.74, 6) is -0.265. The third-order valence-electron chi connectivity index (χ3n) is 6.13. The minimum Gasteiger partial charge on any atom is -0.507 e. The van der Waals surface area contributed by atoms with Crippen LogP contribution >= 0.6 is 0 Å². The number of ether oxygens (including phenoxy) is 1. The lowest BCUT2D eigenvalue weighted by Crippen LogP contribution is -2.35. The van der Waals surface area contributed by atoms with Crippen molar-refractivity contribution < 1.29 is 14.6 Å². The fourth-order valence-corrected chi connectivity index (χ4v) is 4.73. The predicted octanol–water partition coefficient (Wildman–Crippen LogP) is 4.78. The van der Waals surface area contributed by atoms with Crippen LogP contribution < -0.4 is 0 Å². The number of aliphatic hydroxyl groups excluding tert-OH is 1. The van der Waals surface area contributed by atoms with Crippen molar-refractivity contribution in [2.45, 2.75) is 64.5 Å². The lowest BCUT2D eigenvalue weighted by molar-refractivity contribution is -0.151. The van der Waals surface area contributed by atoms with Crippen molar-refractivity contribution >= 4 is 5.97 Å². The van der Waals surface area contributed by atoms with Crippen LogP contribution in [0, 0.1) is 5.92 Å². The normalized spacial score (nSPS) is 21.9. The van der Waals surface area contributed by atoms with E-state index in [0.717, 1.165) is 45.2 Å². The van der Waals surface area contributed by atoms with E-state index in [-0.39, 0.29) is 23.7 Å². The molecule has 0 saturated heterocycles. The highest BCUT2D eigenvalue weighted by Crippen LogP contribution is 2.46. The Balaban J connectivity index is 2.00. The number of hydrogen-bond acceptors (Lipinski definition) is 4. The van der Waals surface area contributed by atoms with Crippen molar-refractivity contribution in [2.75, 3.05) is 13.1 Å². The molecule has 2 aliphatic rings. The molecule has 0 amide bonds. The zero-order valence-corrected chi connectivity index (χ0v) is 16.2. The maximum absolute atomic E-state index is 12.8. The molecule has 1 spiro atoms. The molecule has 142 valence electrons. The van der Waals surface area contributed by atoms with Gasteiger partial charge in [-0.15, -0.1) is 0 Å². The molecule has 3 rings (SSSR count). The van der Waals surface area contributed by atoms with Gasteiger partial charge in [0.2, 0.25) is 0 Å². The van der Waals surface area contributed by atoms with Crippen LogP contribution in [0.3, 0.4) is 0 Å². The molecule has 1 saturated carbocycles. The highest BCUT2D eigenvalue weighted by Gasteiger charge is 2.51. The van der Waals surface area contributed by atoms with Crippen molar-refractivity contribution in [3.05, 3.63) is 47.2 Å². The Kier molecular flexibility index (Phi) is 5.71. The molecule has 1 N–H and O–H groups in total. The van der Waals surface area contributed by atoms with Gasteiger partial charge in [-0.05, 0) is 44.3 Å². The van der Waals surface area contributed by atoms with Gasteiger partial charge >= 0.3 is 5.97 Å². The second-order valence-corrected chi connectivity index (χ2v) is 7.57. The van der Waals surface area contributed by atoms with E-state index in [9.17, 15) is 9.90 Å². The van der Waals surface area contributed by atoms with Crippen LogP contribution in [0.1, 0.15) is 64.5 Å². The van der Waals surface area contributed by atoms with Crippen LogP contribution in [-0.4, -0.2) is 34.7 Å². The minimum absolute atomic E-state index is 0.0367. The van der Waals surface area contributed by atoms with Crippen LogP contribution in [0.15, 0.2) is 41.7 Å². The van der Waals surface area contributed by atoms with Gasteiger partial charge in [0.05, 0.1) is 5.57 Å². The van der Waals surface area contributed by atoms with Crippen molar-refractivity contribution in [3.63, 3.8) is 0 Å². The van der Waals surface area contributed by atoms with Gasteiger partial charge in [0.15, 0.2) is 5.60 Å². The summed E-state index contributed by atoms with van der Waals surface area (Å²) in [6, 6.07) is 10.3. The fraction of sp³-hybridized carbons (Fsp3) is 0.591. The first-order chi connectivity index (χ1) is 12.5. The Hall–Kier alpha value is -1.81. The third kappa shape index (κ3) is 3.27. The number of hydrogen-bond donors (Lipinski definition) is 1. The van der Waals surface area contributed by atoms with E-state index in [1.165, 1.54) is 5.56 Å². The molecule has 1 heterocycles. The molecule has 26 heavy (non-hydrogen) atoms. The highest BCUT2D eigenvalue weighted by atomic mass is 16.6. The van der Waals surface area contributed by atoms with Crippen molar-refractivity contribution in [3.8, 4) is 0 Å². The average Bonchev–Trinajstić information content (AvgIpc) is 2.90. The first kappa shape index (κ1) is 19.0. The van der Waals surface area contributed by atoms with E-state index in [0.29, 0.717) is 5.57 Å². The molecule has 1 aromatic rings. The van der Waals surface area contributed by atoms with Gasteiger partial charge in [0.1, 0.15) is 5.76 Å². The standard InChI is InChI=1S/C22H31NO3/c1-4-23(5-2)19(17-12-8-6-9-13-17)16(3)18-20(24)22(26-21(18)25)14-10-7-11-15-22/h6,8-9,12-13,16,19,24H,4-5,7,10-11,14-15H2,1-3H3/t16-,19+/m1/s1. The molecule has 0 aromatic heterocycles. The van der Waals surface area contributed by atoms with Crippen molar-refractivity contribution in [1.82, 2.24) is 4.90 Å². The SMILES string of the molecule is CCN(CC)[C@H](c1ccccc1)[C@H](C)C1=C(O)C2(CCCCC2)OC1=O. The summed E-state index contributed by atoms with van der Waals surface area (Å²) >= 11 is 0. The predicted molar refractivity (Wildman–Crippen MR) is 103 cm³/mol. The zero-order valence-electron chi connectivity index (χ0n) is 16.2. The summed E-state index contributed by atoms with van der Waals surface area (Å²) in [6.07, 6.45) is 4.61. The summed E-state index contributed by atoms with van der Waals surface area (Å²) in [5.41, 5.74) is 0.887. The molecule has 1 fully saturated rings. The number of carbonyl (C=O) groups is 1. The molecule has 0 radical (unpaired) electrons. The quantitative estimate of drug-likeness (QED) is 0.745. The van der Waals surface area contributed by atoms with Crippen molar-refractivity contribution in [2.24, 2.45) is 5.92 Å². The van der Waals surface area contributed by atoms with Gasteiger partial charge in [-0.2, -0.15) is 0 Å². The Morgan fingerprint density at radius 1 is 1.12 bits per heavy atom. The molecular weight excluding hydrogens is 326 g/mol. The van der Waals surface area contributed by atoms with Gasteiger partial charge < -0.3 is 9.84 Å². The smallest absolute Gasteiger partial charge is 0.338 e. The second kappa shape index (κ2) is 7.83. The highest BCUT2D eigenvalue weighted by molar-refractivity contribution is 5.93. The number of aliphatic hydroxyl groups is 1. The second-order valence-electron chi connectivity index (χ2n) is 7.57. The molecule has 2 atom stereocenters. The van der Waals surface area contributed by atoms with E-state index in [2.05, 4.69) is 30.9 Å². The van der Waals surface area contributed by atoms with Gasteiger partial charge in [-0.25, -0.2) is 4.79 Å². The topological polar surface area (TPSA) is 49.8 Å². The summed E-state index contributed by atoms with van der Waals surface area (Å²) in [7, 11) is 0. The number of rotatable bonds is 6. The molecule has 1 aromatic carbocycles. The van der Waals surface area contributed by atoms with Gasteiger partial charge in [-0.3, -0.25) is 4.90 Å². The van der Waals surface area contributed by atoms with Crippen LogP contribution in [0.5, 0.6) is 0 Å². The molecular formula is C22H31NO3. The summed E-state index contributed by atoms with van der Waals surface area (Å²) in [5, 5.41) is 11.0. The largest absolute Gasteiger partial charge is 0.507 e. The van der Waals surface area contributed by atoms with Crippen LogP contribution in [0.2, 0.25) is 0 Å². The molecule has 4 heteroatoms. The van der Waals surface area contributed by atoms with E-state index in [1.807, 2.05) is 25.1 Å². The molecule has 1 aliphatic carbocycles. The number of nitrogens with zero attached hydrogens (tertiary/aromatic N) is 1. The third-order valence-corrected chi connectivity index (χ3v) is 6.13.